The molecule has 5 saturated carbocycles. The zero-order chi connectivity index (χ0) is 11.6. The minimum atomic E-state index is 0.0602. The van der Waals surface area contributed by atoms with E-state index >= 15 is 0 Å². The molecule has 2 heteroatoms. The average Bonchev–Trinajstić information content (AvgIpc) is 3.08. The molecule has 3 N–H and O–H groups in total. The summed E-state index contributed by atoms with van der Waals surface area (Å²) < 4.78 is 0. The highest BCUT2D eigenvalue weighted by Crippen LogP contribution is 2.68. The van der Waals surface area contributed by atoms with E-state index < -0.39 is 0 Å². The van der Waals surface area contributed by atoms with Crippen LogP contribution in [0.3, 0.4) is 0 Å². The van der Waals surface area contributed by atoms with Gasteiger partial charge in [-0.2, -0.15) is 0 Å². The molecule has 0 aromatic rings. The van der Waals surface area contributed by atoms with Crippen molar-refractivity contribution < 1.29 is 5.11 Å². The van der Waals surface area contributed by atoms with E-state index in [-0.39, 0.29) is 12.6 Å². The topological polar surface area (TPSA) is 46.2 Å². The number of nitrogens with two attached hydrogens (primary N) is 1. The summed E-state index contributed by atoms with van der Waals surface area (Å²) >= 11 is 0. The SMILES string of the molecule is NC(CO)C1(C2C3CC4CC(C3)CC2C4)CC1. The lowest BCUT2D eigenvalue weighted by molar-refractivity contribution is -0.0770. The van der Waals surface area contributed by atoms with Gasteiger partial charge in [0.05, 0.1) is 6.61 Å². The van der Waals surface area contributed by atoms with Crippen molar-refractivity contribution in [1.82, 2.24) is 0 Å². The molecule has 0 aromatic heterocycles. The second kappa shape index (κ2) is 3.48. The average molecular weight is 235 g/mol. The second-order valence-corrected chi connectivity index (χ2v) is 7.48. The molecule has 0 aromatic carbocycles. The zero-order valence-electron chi connectivity index (χ0n) is 10.6. The summed E-state index contributed by atoms with van der Waals surface area (Å²) in [7, 11) is 0. The van der Waals surface area contributed by atoms with Crippen molar-refractivity contribution in [3.05, 3.63) is 0 Å². The third-order valence-electron chi connectivity index (χ3n) is 6.65. The number of aliphatic hydroxyl groups excluding tert-OH is 1. The highest BCUT2D eigenvalue weighted by molar-refractivity contribution is 5.12. The van der Waals surface area contributed by atoms with Crippen LogP contribution in [-0.4, -0.2) is 17.8 Å². The largest absolute Gasteiger partial charge is 0.395 e. The number of hydrogen-bond acceptors (Lipinski definition) is 2. The first-order valence-electron chi connectivity index (χ1n) is 7.59. The lowest BCUT2D eigenvalue weighted by atomic mass is 9.48. The maximum Gasteiger partial charge on any atom is 0.0588 e. The van der Waals surface area contributed by atoms with E-state index in [4.69, 9.17) is 5.73 Å². The van der Waals surface area contributed by atoms with Gasteiger partial charge in [-0.1, -0.05) is 0 Å². The lowest BCUT2D eigenvalue weighted by Gasteiger charge is -2.57. The number of rotatable bonds is 3. The Balaban J connectivity index is 1.62. The van der Waals surface area contributed by atoms with Crippen molar-refractivity contribution >= 4 is 0 Å². The zero-order valence-corrected chi connectivity index (χ0v) is 10.6. The highest BCUT2D eigenvalue weighted by Gasteiger charge is 2.62. The van der Waals surface area contributed by atoms with Crippen molar-refractivity contribution in [3.63, 3.8) is 0 Å². The van der Waals surface area contributed by atoms with E-state index in [1.807, 2.05) is 0 Å². The van der Waals surface area contributed by atoms with Crippen molar-refractivity contribution in [3.8, 4) is 0 Å². The Labute approximate surface area is 104 Å². The fourth-order valence-electron chi connectivity index (χ4n) is 6.14. The van der Waals surface area contributed by atoms with Gasteiger partial charge >= 0.3 is 0 Å². The molecule has 0 aliphatic heterocycles. The van der Waals surface area contributed by atoms with Crippen LogP contribution in [0.25, 0.3) is 0 Å². The van der Waals surface area contributed by atoms with Gasteiger partial charge in [-0.15, -0.1) is 0 Å². The molecule has 0 heterocycles. The van der Waals surface area contributed by atoms with Gasteiger partial charge in [0.15, 0.2) is 0 Å². The molecule has 5 fully saturated rings. The first kappa shape index (κ1) is 10.8. The van der Waals surface area contributed by atoms with Crippen LogP contribution in [0.15, 0.2) is 0 Å². The van der Waals surface area contributed by atoms with E-state index in [1.54, 1.807) is 0 Å². The predicted octanol–water partition coefficient (Wildman–Crippen LogP) is 2.16. The number of hydrogen-bond donors (Lipinski definition) is 2. The standard InChI is InChI=1S/C15H25NO/c16-13(8-17)15(1-2-15)14-11-4-9-3-10(6-11)7-12(14)5-9/h9-14,17H,1-8,16H2. The highest BCUT2D eigenvalue weighted by atomic mass is 16.3. The molecular formula is C15H25NO. The van der Waals surface area contributed by atoms with Crippen LogP contribution in [0.5, 0.6) is 0 Å². The summed E-state index contributed by atoms with van der Waals surface area (Å²) in [5.74, 6) is 4.90. The minimum absolute atomic E-state index is 0.0602. The maximum atomic E-state index is 9.44. The quantitative estimate of drug-likeness (QED) is 0.787. The minimum Gasteiger partial charge on any atom is -0.395 e. The molecule has 5 aliphatic rings. The van der Waals surface area contributed by atoms with Gasteiger partial charge in [-0.05, 0) is 80.0 Å². The summed E-state index contributed by atoms with van der Waals surface area (Å²) in [4.78, 5) is 0. The molecule has 0 radical (unpaired) electrons. The fourth-order valence-corrected chi connectivity index (χ4v) is 6.14. The van der Waals surface area contributed by atoms with Gasteiger partial charge < -0.3 is 10.8 Å². The third kappa shape index (κ3) is 1.40. The lowest BCUT2D eigenvalue weighted by Crippen LogP contribution is -2.53. The van der Waals surface area contributed by atoms with Gasteiger partial charge in [0.25, 0.3) is 0 Å². The molecule has 1 unspecified atom stereocenters. The predicted molar refractivity (Wildman–Crippen MR) is 67.3 cm³/mol. The second-order valence-electron chi connectivity index (χ2n) is 7.48. The Morgan fingerprint density at radius 2 is 1.53 bits per heavy atom. The number of aliphatic hydroxyl groups is 1. The van der Waals surface area contributed by atoms with Crippen molar-refractivity contribution in [1.29, 1.82) is 0 Å². The Morgan fingerprint density at radius 1 is 1.00 bits per heavy atom. The van der Waals surface area contributed by atoms with E-state index in [9.17, 15) is 5.11 Å². The summed E-state index contributed by atoms with van der Waals surface area (Å²) in [6.45, 7) is 0.197. The summed E-state index contributed by atoms with van der Waals surface area (Å²) in [5, 5.41) is 9.44. The third-order valence-corrected chi connectivity index (χ3v) is 6.65. The van der Waals surface area contributed by atoms with Gasteiger partial charge in [0.1, 0.15) is 0 Å². The normalized spacial score (nSPS) is 51.5. The molecule has 5 rings (SSSR count). The smallest absolute Gasteiger partial charge is 0.0588 e. The maximum absolute atomic E-state index is 9.44. The molecule has 5 aliphatic carbocycles. The fraction of sp³-hybridized carbons (Fsp3) is 1.00. The van der Waals surface area contributed by atoms with E-state index in [0.29, 0.717) is 5.41 Å². The van der Waals surface area contributed by atoms with Crippen LogP contribution in [0.2, 0.25) is 0 Å². The van der Waals surface area contributed by atoms with Crippen LogP contribution >= 0.6 is 0 Å². The van der Waals surface area contributed by atoms with Crippen LogP contribution in [0, 0.1) is 35.0 Å². The van der Waals surface area contributed by atoms with Crippen molar-refractivity contribution in [2.75, 3.05) is 6.61 Å². The molecule has 0 amide bonds. The van der Waals surface area contributed by atoms with Crippen LogP contribution in [0.1, 0.15) is 44.9 Å². The Hall–Kier alpha value is -0.0800. The molecule has 0 saturated heterocycles. The molecule has 96 valence electrons. The molecule has 2 nitrogen and oxygen atoms in total. The van der Waals surface area contributed by atoms with E-state index in [2.05, 4.69) is 0 Å². The Bertz CT molecular complexity index is 295. The first-order chi connectivity index (χ1) is 8.23. The van der Waals surface area contributed by atoms with Gasteiger partial charge in [-0.25, -0.2) is 0 Å². The van der Waals surface area contributed by atoms with Crippen molar-refractivity contribution in [2.24, 2.45) is 40.7 Å². The Morgan fingerprint density at radius 3 is 1.94 bits per heavy atom. The molecular weight excluding hydrogens is 210 g/mol. The summed E-state index contributed by atoms with van der Waals surface area (Å²) in [5.41, 5.74) is 6.60. The van der Waals surface area contributed by atoms with E-state index in [0.717, 1.165) is 29.6 Å². The van der Waals surface area contributed by atoms with Crippen LogP contribution < -0.4 is 5.73 Å². The van der Waals surface area contributed by atoms with E-state index in [1.165, 1.54) is 44.9 Å². The van der Waals surface area contributed by atoms with Gasteiger partial charge in [0.2, 0.25) is 0 Å². The summed E-state index contributed by atoms with van der Waals surface area (Å²) in [6.07, 6.45) is 10.0. The van der Waals surface area contributed by atoms with Crippen LogP contribution in [0.4, 0.5) is 0 Å². The van der Waals surface area contributed by atoms with Crippen LogP contribution in [-0.2, 0) is 0 Å². The molecule has 0 spiro atoms. The van der Waals surface area contributed by atoms with Crippen molar-refractivity contribution in [2.45, 2.75) is 51.0 Å². The molecule has 1 atom stereocenters. The molecule has 4 bridgehead atoms. The monoisotopic (exact) mass is 235 g/mol. The first-order valence-corrected chi connectivity index (χ1v) is 7.59. The Kier molecular flexibility index (Phi) is 2.21. The molecule has 17 heavy (non-hydrogen) atoms. The summed E-state index contributed by atoms with van der Waals surface area (Å²) in [6, 6.07) is 0.0602. The van der Waals surface area contributed by atoms with Gasteiger partial charge in [0, 0.05) is 6.04 Å². The van der Waals surface area contributed by atoms with Gasteiger partial charge in [-0.3, -0.25) is 0 Å².